The Morgan fingerprint density at radius 1 is 1.29 bits per heavy atom. The lowest BCUT2D eigenvalue weighted by atomic mass is 10.0. The fraction of sp³-hybridized carbons (Fsp3) is 0.400. The van der Waals surface area contributed by atoms with Crippen LogP contribution in [0.15, 0.2) is 18.2 Å². The van der Waals surface area contributed by atoms with Gasteiger partial charge in [-0.05, 0) is 57.0 Å². The number of esters is 1. The summed E-state index contributed by atoms with van der Waals surface area (Å²) < 4.78 is 24.0. The largest absolute Gasteiger partial charge is 0.465 e. The number of methoxy groups -OCH3 is 1. The number of anilines is 1. The maximum atomic E-state index is 13.7. The maximum Gasteiger partial charge on any atom is 0.414 e. The van der Waals surface area contributed by atoms with Gasteiger partial charge in [-0.2, -0.15) is 0 Å². The van der Waals surface area contributed by atoms with Gasteiger partial charge in [-0.3, -0.25) is 4.90 Å². The zero-order valence-electron chi connectivity index (χ0n) is 16.7. The number of hydrogen-bond acceptors (Lipinski definition) is 5. The summed E-state index contributed by atoms with van der Waals surface area (Å²) in [6.07, 6.45) is -0.361. The molecule has 2 rings (SSSR count). The summed E-state index contributed by atoms with van der Waals surface area (Å²) in [5, 5.41) is 0.400. The lowest BCUT2D eigenvalue weighted by molar-refractivity contribution is 0.0588. The van der Waals surface area contributed by atoms with Crippen LogP contribution < -0.4 is 4.90 Å². The first kappa shape index (κ1) is 22.2. The second-order valence-electron chi connectivity index (χ2n) is 7.26. The van der Waals surface area contributed by atoms with Crippen molar-refractivity contribution in [3.8, 4) is 0 Å². The van der Waals surface area contributed by atoms with Crippen molar-refractivity contribution in [1.82, 2.24) is 0 Å². The molecule has 0 fully saturated rings. The lowest BCUT2D eigenvalue weighted by Crippen LogP contribution is -2.35. The van der Waals surface area contributed by atoms with Crippen LogP contribution in [0.4, 0.5) is 14.9 Å². The van der Waals surface area contributed by atoms with E-state index in [-0.39, 0.29) is 11.3 Å². The molecule has 0 aliphatic heterocycles. The highest BCUT2D eigenvalue weighted by atomic mass is 35.5. The quantitative estimate of drug-likeness (QED) is 0.596. The van der Waals surface area contributed by atoms with Crippen LogP contribution in [-0.4, -0.2) is 31.8 Å². The van der Waals surface area contributed by atoms with Gasteiger partial charge in [0, 0.05) is 23.4 Å². The SMILES string of the molecule is COC(=O)c1sc(C)c(Cc2cc(F)ccc2Cl)c1N(C)C(=O)OC(C)(C)C. The molecule has 0 atom stereocenters. The van der Waals surface area contributed by atoms with Crippen LogP contribution in [0.3, 0.4) is 0 Å². The first-order valence-corrected chi connectivity index (χ1v) is 9.75. The first-order chi connectivity index (χ1) is 12.9. The molecule has 0 N–H and O–H groups in total. The van der Waals surface area contributed by atoms with Crippen molar-refractivity contribution in [1.29, 1.82) is 0 Å². The molecule has 1 heterocycles. The van der Waals surface area contributed by atoms with Crippen LogP contribution in [0, 0.1) is 12.7 Å². The van der Waals surface area contributed by atoms with E-state index >= 15 is 0 Å². The van der Waals surface area contributed by atoms with Gasteiger partial charge in [0.1, 0.15) is 16.3 Å². The summed E-state index contributed by atoms with van der Waals surface area (Å²) in [6, 6.07) is 4.10. The van der Waals surface area contributed by atoms with Gasteiger partial charge in [-0.15, -0.1) is 11.3 Å². The Hall–Kier alpha value is -2.12. The molecule has 152 valence electrons. The minimum Gasteiger partial charge on any atom is -0.465 e. The Labute approximate surface area is 173 Å². The van der Waals surface area contributed by atoms with E-state index in [4.69, 9.17) is 21.1 Å². The molecule has 1 aromatic carbocycles. The van der Waals surface area contributed by atoms with E-state index in [9.17, 15) is 14.0 Å². The van der Waals surface area contributed by atoms with Crippen molar-refractivity contribution in [2.45, 2.75) is 39.7 Å². The normalized spacial score (nSPS) is 11.3. The van der Waals surface area contributed by atoms with E-state index in [1.54, 1.807) is 20.8 Å². The van der Waals surface area contributed by atoms with Gasteiger partial charge in [-0.25, -0.2) is 14.0 Å². The molecule has 0 saturated carbocycles. The van der Waals surface area contributed by atoms with Crippen molar-refractivity contribution < 1.29 is 23.5 Å². The molecule has 28 heavy (non-hydrogen) atoms. The number of hydrogen-bond donors (Lipinski definition) is 0. The molecule has 0 bridgehead atoms. The Morgan fingerprint density at radius 2 is 1.93 bits per heavy atom. The lowest BCUT2D eigenvalue weighted by Gasteiger charge is -2.25. The van der Waals surface area contributed by atoms with Gasteiger partial charge in [0.15, 0.2) is 0 Å². The molecule has 1 aromatic heterocycles. The summed E-state index contributed by atoms with van der Waals surface area (Å²) in [7, 11) is 2.80. The summed E-state index contributed by atoms with van der Waals surface area (Å²) in [5.41, 5.74) is 0.918. The number of rotatable bonds is 4. The summed E-state index contributed by atoms with van der Waals surface area (Å²) in [4.78, 5) is 27.3. The van der Waals surface area contributed by atoms with E-state index in [0.717, 1.165) is 4.88 Å². The van der Waals surface area contributed by atoms with E-state index in [1.165, 1.54) is 48.6 Å². The molecule has 0 spiro atoms. The molecule has 0 saturated heterocycles. The molecule has 0 aliphatic carbocycles. The van der Waals surface area contributed by atoms with Crippen molar-refractivity contribution in [3.63, 3.8) is 0 Å². The number of halogens is 2. The minimum atomic E-state index is -0.701. The fourth-order valence-corrected chi connectivity index (χ4v) is 3.96. The van der Waals surface area contributed by atoms with Crippen LogP contribution in [-0.2, 0) is 15.9 Å². The highest BCUT2D eigenvalue weighted by Gasteiger charge is 2.30. The Bertz CT molecular complexity index is 904. The molecule has 1 amide bonds. The summed E-state index contributed by atoms with van der Waals surface area (Å²) >= 11 is 7.42. The van der Waals surface area contributed by atoms with Crippen molar-refractivity contribution in [2.24, 2.45) is 0 Å². The first-order valence-electron chi connectivity index (χ1n) is 8.55. The van der Waals surface area contributed by atoms with Crippen LogP contribution in [0.5, 0.6) is 0 Å². The van der Waals surface area contributed by atoms with Crippen molar-refractivity contribution in [3.05, 3.63) is 49.9 Å². The summed E-state index contributed by atoms with van der Waals surface area (Å²) in [6.45, 7) is 7.09. The predicted octanol–water partition coefficient (Wildman–Crippen LogP) is 5.60. The number of carbonyl (C=O) groups is 2. The average Bonchev–Trinajstić information content (AvgIpc) is 2.91. The molecule has 0 radical (unpaired) electrons. The third kappa shape index (κ3) is 5.02. The fourth-order valence-electron chi connectivity index (χ4n) is 2.65. The van der Waals surface area contributed by atoms with Crippen molar-refractivity contribution >= 4 is 40.7 Å². The molecular formula is C20H23ClFNO4S. The van der Waals surface area contributed by atoms with Gasteiger partial charge in [0.05, 0.1) is 12.8 Å². The average molecular weight is 428 g/mol. The van der Waals surface area contributed by atoms with Gasteiger partial charge in [-0.1, -0.05) is 11.6 Å². The Morgan fingerprint density at radius 3 is 2.50 bits per heavy atom. The van der Waals surface area contributed by atoms with Gasteiger partial charge >= 0.3 is 12.1 Å². The zero-order chi connectivity index (χ0) is 21.2. The number of amides is 1. The number of nitrogens with zero attached hydrogens (tertiary/aromatic N) is 1. The van der Waals surface area contributed by atoms with Crippen LogP contribution in [0.25, 0.3) is 0 Å². The Kier molecular flexibility index (Phi) is 6.72. The summed E-state index contributed by atoms with van der Waals surface area (Å²) in [5.74, 6) is -0.974. The van der Waals surface area contributed by atoms with Gasteiger partial charge in [0.25, 0.3) is 0 Å². The van der Waals surface area contributed by atoms with Crippen molar-refractivity contribution in [2.75, 3.05) is 19.1 Å². The Balaban J connectivity index is 2.56. The van der Waals surface area contributed by atoms with Crippen LogP contribution in [0.1, 0.15) is 46.4 Å². The number of thiophene rings is 1. The molecule has 2 aromatic rings. The highest BCUT2D eigenvalue weighted by Crippen LogP contribution is 2.39. The highest BCUT2D eigenvalue weighted by molar-refractivity contribution is 7.14. The van der Waals surface area contributed by atoms with Crippen LogP contribution in [0.2, 0.25) is 5.02 Å². The zero-order valence-corrected chi connectivity index (χ0v) is 18.3. The second kappa shape index (κ2) is 8.49. The smallest absolute Gasteiger partial charge is 0.414 e. The second-order valence-corrected chi connectivity index (χ2v) is 8.89. The number of aryl methyl sites for hydroxylation is 1. The standard InChI is InChI=1S/C20H23ClFNO4S/c1-11-14(10-12-9-13(22)7-8-15(12)21)16(17(28-11)18(24)26-6)23(5)19(25)27-20(2,3)4/h7-9H,10H2,1-6H3. The van der Waals surface area contributed by atoms with Gasteiger partial charge < -0.3 is 9.47 Å². The van der Waals surface area contributed by atoms with E-state index in [0.29, 0.717) is 21.8 Å². The number of ether oxygens (including phenoxy) is 2. The monoisotopic (exact) mass is 427 g/mol. The minimum absolute atomic E-state index is 0.248. The predicted molar refractivity (Wildman–Crippen MR) is 109 cm³/mol. The number of benzene rings is 1. The van der Waals surface area contributed by atoms with E-state index in [1.807, 2.05) is 6.92 Å². The maximum absolute atomic E-state index is 13.7. The molecule has 0 aliphatic rings. The molecular weight excluding hydrogens is 405 g/mol. The van der Waals surface area contributed by atoms with Crippen LogP contribution >= 0.6 is 22.9 Å². The van der Waals surface area contributed by atoms with Gasteiger partial charge in [0.2, 0.25) is 0 Å². The third-order valence-electron chi connectivity index (χ3n) is 3.93. The molecule has 5 nitrogen and oxygen atoms in total. The molecule has 0 unspecified atom stereocenters. The van der Waals surface area contributed by atoms with E-state index in [2.05, 4.69) is 0 Å². The number of carbonyl (C=O) groups excluding carboxylic acids is 2. The van der Waals surface area contributed by atoms with E-state index < -0.39 is 23.5 Å². The molecule has 8 heteroatoms. The third-order valence-corrected chi connectivity index (χ3v) is 5.42. The topological polar surface area (TPSA) is 55.8 Å².